The number of aliphatic hydroxyl groups is 2. The van der Waals surface area contributed by atoms with Crippen molar-refractivity contribution in [2.75, 3.05) is 0 Å². The molecule has 2 N–H and O–H groups in total. The SMILES string of the molecule is CCCCCCCCCC[C@H](O)C#C[C@H]1[C@@H]2CC(=O)[C@@H]2CC[C@@H]1O. The first-order valence-corrected chi connectivity index (χ1v) is 10.0. The molecule has 0 aromatic carbocycles. The first kappa shape index (κ1) is 19.5. The third kappa shape index (κ3) is 5.60. The van der Waals surface area contributed by atoms with Crippen LogP contribution in [0.1, 0.15) is 84.0 Å². The van der Waals surface area contributed by atoms with Gasteiger partial charge in [-0.05, 0) is 31.6 Å². The van der Waals surface area contributed by atoms with E-state index in [1.54, 1.807) is 0 Å². The number of ketones is 1. The van der Waals surface area contributed by atoms with Crippen LogP contribution >= 0.6 is 0 Å². The molecule has 136 valence electrons. The lowest BCUT2D eigenvalue weighted by Gasteiger charge is -2.44. The van der Waals surface area contributed by atoms with Gasteiger partial charge in [-0.2, -0.15) is 0 Å². The van der Waals surface area contributed by atoms with Crippen molar-refractivity contribution < 1.29 is 15.0 Å². The topological polar surface area (TPSA) is 57.5 Å². The largest absolute Gasteiger partial charge is 0.392 e. The molecular weight excluding hydrogens is 300 g/mol. The predicted molar refractivity (Wildman–Crippen MR) is 96.3 cm³/mol. The molecular formula is C21H34O3. The number of hydrogen-bond acceptors (Lipinski definition) is 3. The summed E-state index contributed by atoms with van der Waals surface area (Å²) in [6, 6.07) is 0. The highest BCUT2D eigenvalue weighted by Gasteiger charge is 2.48. The summed E-state index contributed by atoms with van der Waals surface area (Å²) in [5.41, 5.74) is 0. The molecule has 0 heterocycles. The minimum atomic E-state index is -0.589. The van der Waals surface area contributed by atoms with Gasteiger partial charge in [0.1, 0.15) is 11.9 Å². The van der Waals surface area contributed by atoms with Crippen LogP contribution in [-0.4, -0.2) is 28.2 Å². The molecule has 0 spiro atoms. The monoisotopic (exact) mass is 334 g/mol. The minimum Gasteiger partial charge on any atom is -0.392 e. The third-order valence-electron chi connectivity index (χ3n) is 5.76. The Labute approximate surface area is 147 Å². The molecule has 2 saturated carbocycles. The number of unbranched alkanes of at least 4 members (excludes halogenated alkanes) is 7. The molecule has 0 aliphatic heterocycles. The maximum atomic E-state index is 11.6. The fourth-order valence-electron chi connectivity index (χ4n) is 4.11. The van der Waals surface area contributed by atoms with Gasteiger partial charge in [-0.25, -0.2) is 0 Å². The number of carbonyl (C=O) groups is 1. The Kier molecular flexibility index (Phi) is 8.29. The van der Waals surface area contributed by atoms with Gasteiger partial charge in [0.25, 0.3) is 0 Å². The number of fused-ring (bicyclic) bond motifs is 1. The Bertz CT molecular complexity index is 448. The fourth-order valence-corrected chi connectivity index (χ4v) is 4.11. The molecule has 2 aliphatic rings. The molecule has 3 nitrogen and oxygen atoms in total. The molecule has 24 heavy (non-hydrogen) atoms. The first-order valence-electron chi connectivity index (χ1n) is 10.0. The van der Waals surface area contributed by atoms with E-state index >= 15 is 0 Å². The average molecular weight is 335 g/mol. The third-order valence-corrected chi connectivity index (χ3v) is 5.76. The molecule has 0 aromatic heterocycles. The molecule has 0 radical (unpaired) electrons. The zero-order valence-corrected chi connectivity index (χ0v) is 15.2. The summed E-state index contributed by atoms with van der Waals surface area (Å²) >= 11 is 0. The van der Waals surface area contributed by atoms with Gasteiger partial charge in [0.2, 0.25) is 0 Å². The number of rotatable bonds is 9. The summed E-state index contributed by atoms with van der Waals surface area (Å²) < 4.78 is 0. The quantitative estimate of drug-likeness (QED) is 0.497. The van der Waals surface area contributed by atoms with E-state index in [-0.39, 0.29) is 17.8 Å². The maximum absolute atomic E-state index is 11.6. The molecule has 2 aliphatic carbocycles. The summed E-state index contributed by atoms with van der Waals surface area (Å²) in [4.78, 5) is 11.6. The highest BCUT2D eigenvalue weighted by atomic mass is 16.3. The zero-order chi connectivity index (χ0) is 17.4. The van der Waals surface area contributed by atoms with E-state index in [0.717, 1.165) is 25.7 Å². The van der Waals surface area contributed by atoms with Gasteiger partial charge in [0.15, 0.2) is 0 Å². The smallest absolute Gasteiger partial charge is 0.136 e. The van der Waals surface area contributed by atoms with Crippen LogP contribution in [0.15, 0.2) is 0 Å². The highest BCUT2D eigenvalue weighted by Crippen LogP contribution is 2.45. The van der Waals surface area contributed by atoms with Crippen LogP contribution in [0, 0.1) is 29.6 Å². The molecule has 5 atom stereocenters. The lowest BCUT2D eigenvalue weighted by molar-refractivity contribution is -0.141. The van der Waals surface area contributed by atoms with E-state index in [0.29, 0.717) is 18.6 Å². The lowest BCUT2D eigenvalue weighted by Crippen LogP contribution is -2.49. The second-order valence-corrected chi connectivity index (χ2v) is 7.68. The minimum absolute atomic E-state index is 0.116. The van der Waals surface area contributed by atoms with Crippen LogP contribution in [0.3, 0.4) is 0 Å². The van der Waals surface area contributed by atoms with Gasteiger partial charge in [0, 0.05) is 12.3 Å². The maximum Gasteiger partial charge on any atom is 0.136 e. The van der Waals surface area contributed by atoms with E-state index < -0.39 is 12.2 Å². The Balaban J connectivity index is 1.61. The number of carbonyl (C=O) groups excluding carboxylic acids is 1. The van der Waals surface area contributed by atoms with Gasteiger partial charge in [-0.3, -0.25) is 4.79 Å². The van der Waals surface area contributed by atoms with Crippen molar-refractivity contribution in [3.8, 4) is 11.8 Å². The molecule has 0 saturated heterocycles. The van der Waals surface area contributed by atoms with Crippen molar-refractivity contribution in [1.29, 1.82) is 0 Å². The normalized spacial score (nSPS) is 30.0. The van der Waals surface area contributed by atoms with E-state index in [1.165, 1.54) is 38.5 Å². The Hall–Kier alpha value is -0.850. The molecule has 0 unspecified atom stereocenters. The zero-order valence-electron chi connectivity index (χ0n) is 15.2. The van der Waals surface area contributed by atoms with Gasteiger partial charge >= 0.3 is 0 Å². The van der Waals surface area contributed by atoms with Crippen LogP contribution in [0.25, 0.3) is 0 Å². The average Bonchev–Trinajstić information content (AvgIpc) is 2.56. The van der Waals surface area contributed by atoms with Crippen molar-refractivity contribution in [3.63, 3.8) is 0 Å². The van der Waals surface area contributed by atoms with Gasteiger partial charge in [0.05, 0.1) is 12.0 Å². The van der Waals surface area contributed by atoms with Gasteiger partial charge < -0.3 is 10.2 Å². The Morgan fingerprint density at radius 2 is 1.75 bits per heavy atom. The summed E-state index contributed by atoms with van der Waals surface area (Å²) in [7, 11) is 0. The van der Waals surface area contributed by atoms with Crippen LogP contribution in [0.4, 0.5) is 0 Å². The predicted octanol–water partition coefficient (Wildman–Crippen LogP) is 3.86. The van der Waals surface area contributed by atoms with Crippen LogP contribution in [0.5, 0.6) is 0 Å². The standard InChI is InChI=1S/C21H34O3/c1-2-3-4-5-6-7-8-9-10-16(22)11-12-17-19-15-21(24)18(19)13-14-20(17)23/h16-20,22-23H,2-10,13-15H2,1H3/t16-,17-,18+,19-,20-/m0/s1. The number of Topliss-reactive ketones (excluding diaryl/α,β-unsaturated/α-hetero) is 1. The Morgan fingerprint density at radius 3 is 2.42 bits per heavy atom. The van der Waals surface area contributed by atoms with Crippen molar-refractivity contribution in [1.82, 2.24) is 0 Å². The van der Waals surface area contributed by atoms with E-state index in [9.17, 15) is 15.0 Å². The second-order valence-electron chi connectivity index (χ2n) is 7.68. The van der Waals surface area contributed by atoms with Crippen LogP contribution in [0.2, 0.25) is 0 Å². The summed E-state index contributed by atoms with van der Waals surface area (Å²) in [6.45, 7) is 2.23. The van der Waals surface area contributed by atoms with Crippen molar-refractivity contribution >= 4 is 5.78 Å². The second kappa shape index (κ2) is 10.2. The fraction of sp³-hybridized carbons (Fsp3) is 0.857. The first-order chi connectivity index (χ1) is 11.6. The molecule has 0 amide bonds. The summed E-state index contributed by atoms with van der Waals surface area (Å²) in [6.07, 6.45) is 11.8. The van der Waals surface area contributed by atoms with Crippen molar-refractivity contribution in [2.24, 2.45) is 17.8 Å². The molecule has 3 heteroatoms. The van der Waals surface area contributed by atoms with Crippen LogP contribution in [-0.2, 0) is 4.79 Å². The molecule has 2 rings (SSSR count). The van der Waals surface area contributed by atoms with Gasteiger partial charge in [-0.15, -0.1) is 0 Å². The van der Waals surface area contributed by atoms with Crippen molar-refractivity contribution in [3.05, 3.63) is 0 Å². The molecule has 0 bridgehead atoms. The van der Waals surface area contributed by atoms with E-state index in [1.807, 2.05) is 0 Å². The number of hydrogen-bond donors (Lipinski definition) is 2. The lowest BCUT2D eigenvalue weighted by atomic mass is 9.59. The molecule has 0 aromatic rings. The van der Waals surface area contributed by atoms with E-state index in [4.69, 9.17) is 0 Å². The number of aliphatic hydroxyl groups excluding tert-OH is 2. The summed E-state index contributed by atoms with van der Waals surface area (Å²) in [5.74, 6) is 6.60. The van der Waals surface area contributed by atoms with Gasteiger partial charge in [-0.1, -0.05) is 63.7 Å². The van der Waals surface area contributed by atoms with Crippen LogP contribution < -0.4 is 0 Å². The summed E-state index contributed by atoms with van der Waals surface area (Å²) in [5, 5.41) is 20.2. The van der Waals surface area contributed by atoms with Crippen molar-refractivity contribution in [2.45, 2.75) is 96.2 Å². The van der Waals surface area contributed by atoms with E-state index in [2.05, 4.69) is 18.8 Å². The highest BCUT2D eigenvalue weighted by molar-refractivity contribution is 5.87. The Morgan fingerprint density at radius 1 is 1.08 bits per heavy atom. The molecule has 2 fully saturated rings.